The number of halogens is 1. The van der Waals surface area contributed by atoms with Crippen molar-refractivity contribution >= 4 is 23.4 Å². The van der Waals surface area contributed by atoms with Crippen LogP contribution in [0.4, 0.5) is 0 Å². The number of aliphatic hydroxyl groups excluding tert-OH is 2. The Kier molecular flexibility index (Phi) is 7.00. The molecule has 0 saturated carbocycles. The number of aliphatic hydroxyl groups is 2. The van der Waals surface area contributed by atoms with Gasteiger partial charge in [0.2, 0.25) is 5.91 Å². The smallest absolute Gasteiger partial charge is 0.251 e. The van der Waals surface area contributed by atoms with Crippen LogP contribution in [0.5, 0.6) is 0 Å². The predicted molar refractivity (Wildman–Crippen MR) is 88.3 cm³/mol. The Labute approximate surface area is 140 Å². The molecule has 1 aromatic rings. The zero-order chi connectivity index (χ0) is 17.6. The number of hydrogen-bond donors (Lipinski definition) is 4. The minimum absolute atomic E-state index is 0.156. The summed E-state index contributed by atoms with van der Waals surface area (Å²) in [4.78, 5) is 23.9. The Morgan fingerprint density at radius 1 is 1.35 bits per heavy atom. The van der Waals surface area contributed by atoms with Gasteiger partial charge in [-0.05, 0) is 25.1 Å². The zero-order valence-electron chi connectivity index (χ0n) is 13.5. The second-order valence-corrected chi connectivity index (χ2v) is 6.62. The maximum atomic E-state index is 12.0. The Morgan fingerprint density at radius 2 is 2.00 bits per heavy atom. The Balaban J connectivity index is 2.49. The Hall–Kier alpha value is -1.63. The number of rotatable bonds is 7. The van der Waals surface area contributed by atoms with E-state index in [1.54, 1.807) is 45.0 Å². The highest BCUT2D eigenvalue weighted by molar-refractivity contribution is 6.30. The summed E-state index contributed by atoms with van der Waals surface area (Å²) in [5.74, 6) is -0.890. The van der Waals surface area contributed by atoms with Gasteiger partial charge in [-0.3, -0.25) is 9.59 Å². The van der Waals surface area contributed by atoms with Gasteiger partial charge in [0.15, 0.2) is 0 Å². The van der Waals surface area contributed by atoms with Crippen LogP contribution >= 0.6 is 11.6 Å². The van der Waals surface area contributed by atoms with Gasteiger partial charge in [0.1, 0.15) is 6.10 Å². The third-order valence-electron chi connectivity index (χ3n) is 3.44. The Morgan fingerprint density at radius 3 is 2.57 bits per heavy atom. The molecule has 1 rings (SSSR count). The SMILES string of the molecule is CC(CNC(=O)C(O)C(C)(C)CO)NC(=O)c1cccc(Cl)c1. The van der Waals surface area contributed by atoms with Crippen molar-refractivity contribution in [2.75, 3.05) is 13.2 Å². The number of carbonyl (C=O) groups excluding carboxylic acids is 2. The molecular formula is C16H23ClN2O4. The van der Waals surface area contributed by atoms with Crippen LogP contribution in [0.3, 0.4) is 0 Å². The summed E-state index contributed by atoms with van der Waals surface area (Å²) >= 11 is 5.83. The lowest BCUT2D eigenvalue weighted by Gasteiger charge is -2.27. The lowest BCUT2D eigenvalue weighted by Crippen LogP contribution is -2.49. The van der Waals surface area contributed by atoms with Crippen LogP contribution in [0.25, 0.3) is 0 Å². The summed E-state index contributed by atoms with van der Waals surface area (Å²) in [6, 6.07) is 6.20. The van der Waals surface area contributed by atoms with E-state index in [1.165, 1.54) is 0 Å². The molecule has 0 spiro atoms. The number of hydrogen-bond acceptors (Lipinski definition) is 4. The van der Waals surface area contributed by atoms with Gasteiger partial charge in [-0.2, -0.15) is 0 Å². The van der Waals surface area contributed by atoms with E-state index in [4.69, 9.17) is 16.7 Å². The minimum atomic E-state index is -1.33. The van der Waals surface area contributed by atoms with Crippen molar-refractivity contribution in [3.8, 4) is 0 Å². The molecule has 0 aliphatic rings. The second-order valence-electron chi connectivity index (χ2n) is 6.18. The molecule has 0 aliphatic heterocycles. The third kappa shape index (κ3) is 5.82. The van der Waals surface area contributed by atoms with E-state index < -0.39 is 17.4 Å². The fourth-order valence-corrected chi connectivity index (χ4v) is 1.97. The van der Waals surface area contributed by atoms with Crippen molar-refractivity contribution in [3.63, 3.8) is 0 Å². The standard InChI is InChI=1S/C16H23ClN2O4/c1-10(8-18-15(23)13(21)16(2,3)9-20)19-14(22)11-5-4-6-12(17)7-11/h4-7,10,13,20-21H,8-9H2,1-3H3,(H,18,23)(H,19,22). The summed E-state index contributed by atoms with van der Waals surface area (Å²) in [5.41, 5.74) is -0.505. The zero-order valence-corrected chi connectivity index (χ0v) is 14.2. The summed E-state index contributed by atoms with van der Waals surface area (Å²) < 4.78 is 0. The van der Waals surface area contributed by atoms with Crippen molar-refractivity contribution in [1.82, 2.24) is 10.6 Å². The van der Waals surface area contributed by atoms with Crippen molar-refractivity contribution in [2.24, 2.45) is 5.41 Å². The normalized spacial score (nSPS) is 14.0. The Bertz CT molecular complexity index is 563. The van der Waals surface area contributed by atoms with Crippen LogP contribution in [0, 0.1) is 5.41 Å². The van der Waals surface area contributed by atoms with E-state index in [-0.39, 0.29) is 25.1 Å². The van der Waals surface area contributed by atoms with E-state index in [9.17, 15) is 14.7 Å². The molecule has 1 aromatic carbocycles. The molecule has 0 bridgehead atoms. The summed E-state index contributed by atoms with van der Waals surface area (Å²) in [7, 11) is 0. The number of amides is 2. The molecular weight excluding hydrogens is 320 g/mol. The largest absolute Gasteiger partial charge is 0.396 e. The van der Waals surface area contributed by atoms with Crippen LogP contribution < -0.4 is 10.6 Å². The molecule has 4 N–H and O–H groups in total. The highest BCUT2D eigenvalue weighted by atomic mass is 35.5. The summed E-state index contributed by atoms with van der Waals surface area (Å²) in [5, 5.41) is 24.8. The van der Waals surface area contributed by atoms with E-state index in [0.717, 1.165) is 0 Å². The van der Waals surface area contributed by atoms with Crippen LogP contribution in [-0.2, 0) is 4.79 Å². The van der Waals surface area contributed by atoms with Crippen LogP contribution in [0.15, 0.2) is 24.3 Å². The molecule has 0 fully saturated rings. The lowest BCUT2D eigenvalue weighted by molar-refractivity contribution is -0.137. The molecule has 0 aliphatic carbocycles. The first-order valence-corrected chi connectivity index (χ1v) is 7.68. The first-order chi connectivity index (χ1) is 10.7. The second kappa shape index (κ2) is 8.29. The van der Waals surface area contributed by atoms with Crippen molar-refractivity contribution < 1.29 is 19.8 Å². The highest BCUT2D eigenvalue weighted by Crippen LogP contribution is 2.19. The number of nitrogens with one attached hydrogen (secondary N) is 2. The third-order valence-corrected chi connectivity index (χ3v) is 3.68. The molecule has 7 heteroatoms. The average Bonchev–Trinajstić information content (AvgIpc) is 2.51. The van der Waals surface area contributed by atoms with E-state index in [1.807, 2.05) is 0 Å². The van der Waals surface area contributed by atoms with Crippen LogP contribution in [-0.4, -0.2) is 47.3 Å². The van der Waals surface area contributed by atoms with Gasteiger partial charge in [0, 0.05) is 28.6 Å². The first-order valence-electron chi connectivity index (χ1n) is 7.30. The predicted octanol–water partition coefficient (Wildman–Crippen LogP) is 0.954. The highest BCUT2D eigenvalue weighted by Gasteiger charge is 2.32. The molecule has 2 amide bonds. The van der Waals surface area contributed by atoms with Crippen molar-refractivity contribution in [3.05, 3.63) is 34.9 Å². The van der Waals surface area contributed by atoms with Gasteiger partial charge in [0.25, 0.3) is 5.91 Å². The topological polar surface area (TPSA) is 98.7 Å². The fourth-order valence-electron chi connectivity index (χ4n) is 1.78. The van der Waals surface area contributed by atoms with Gasteiger partial charge in [0.05, 0.1) is 6.61 Å². The summed E-state index contributed by atoms with van der Waals surface area (Å²) in [6.45, 7) is 4.74. The average molecular weight is 343 g/mol. The summed E-state index contributed by atoms with van der Waals surface area (Å²) in [6.07, 6.45) is -1.33. The van der Waals surface area contributed by atoms with Crippen molar-refractivity contribution in [2.45, 2.75) is 32.9 Å². The van der Waals surface area contributed by atoms with Gasteiger partial charge in [-0.25, -0.2) is 0 Å². The molecule has 0 saturated heterocycles. The fraction of sp³-hybridized carbons (Fsp3) is 0.500. The van der Waals surface area contributed by atoms with Crippen LogP contribution in [0.2, 0.25) is 5.02 Å². The van der Waals surface area contributed by atoms with Crippen molar-refractivity contribution in [1.29, 1.82) is 0 Å². The number of carbonyl (C=O) groups is 2. The molecule has 0 heterocycles. The van der Waals surface area contributed by atoms with E-state index in [0.29, 0.717) is 10.6 Å². The number of benzene rings is 1. The maximum absolute atomic E-state index is 12.0. The quantitative estimate of drug-likeness (QED) is 0.593. The first kappa shape index (κ1) is 19.4. The molecule has 0 radical (unpaired) electrons. The van der Waals surface area contributed by atoms with E-state index in [2.05, 4.69) is 10.6 Å². The molecule has 23 heavy (non-hydrogen) atoms. The van der Waals surface area contributed by atoms with Gasteiger partial charge < -0.3 is 20.8 Å². The monoisotopic (exact) mass is 342 g/mol. The van der Waals surface area contributed by atoms with Gasteiger partial charge in [-0.1, -0.05) is 31.5 Å². The molecule has 0 aromatic heterocycles. The molecule has 2 unspecified atom stereocenters. The van der Waals surface area contributed by atoms with Crippen LogP contribution in [0.1, 0.15) is 31.1 Å². The minimum Gasteiger partial charge on any atom is -0.396 e. The van der Waals surface area contributed by atoms with E-state index >= 15 is 0 Å². The van der Waals surface area contributed by atoms with Gasteiger partial charge in [-0.15, -0.1) is 0 Å². The molecule has 6 nitrogen and oxygen atoms in total. The lowest BCUT2D eigenvalue weighted by atomic mass is 9.87. The molecule has 2 atom stereocenters. The molecule has 128 valence electrons. The van der Waals surface area contributed by atoms with Gasteiger partial charge >= 0.3 is 0 Å². The maximum Gasteiger partial charge on any atom is 0.251 e.